The second kappa shape index (κ2) is 8.63. The van der Waals surface area contributed by atoms with Crippen molar-refractivity contribution in [2.45, 2.75) is 19.9 Å². The van der Waals surface area contributed by atoms with Crippen LogP contribution in [0.2, 0.25) is 0 Å². The van der Waals surface area contributed by atoms with Crippen molar-refractivity contribution in [3.63, 3.8) is 0 Å². The standard InChI is InChI=1S/C21H24N2O3/c1-2-26-21(25)18-10-6-7-11-19(18)22-20(24)17-12-13-23(15-17)14-16-8-4-3-5-9-16/h3-11,17H,2,12-15H2,1H3,(H,22,24). The molecule has 1 fully saturated rings. The Hall–Kier alpha value is -2.66. The number of nitrogens with zero attached hydrogens (tertiary/aromatic N) is 1. The van der Waals surface area contributed by atoms with Crippen LogP contribution < -0.4 is 5.32 Å². The van der Waals surface area contributed by atoms with Gasteiger partial charge in [-0.2, -0.15) is 0 Å². The van der Waals surface area contributed by atoms with E-state index in [-0.39, 0.29) is 11.8 Å². The van der Waals surface area contributed by atoms with Gasteiger partial charge in [-0.1, -0.05) is 42.5 Å². The first-order valence-corrected chi connectivity index (χ1v) is 9.00. The fourth-order valence-corrected chi connectivity index (χ4v) is 3.25. The molecule has 1 aliphatic rings. The molecule has 1 atom stereocenters. The summed E-state index contributed by atoms with van der Waals surface area (Å²) in [5.74, 6) is -0.535. The molecule has 1 unspecified atom stereocenters. The summed E-state index contributed by atoms with van der Waals surface area (Å²) in [6, 6.07) is 17.2. The number of likely N-dealkylation sites (tertiary alicyclic amines) is 1. The van der Waals surface area contributed by atoms with Crippen LogP contribution in [0, 0.1) is 5.92 Å². The zero-order valence-electron chi connectivity index (χ0n) is 15.0. The summed E-state index contributed by atoms with van der Waals surface area (Å²) in [6.07, 6.45) is 0.820. The normalized spacial score (nSPS) is 17.0. The van der Waals surface area contributed by atoms with Gasteiger partial charge in [-0.25, -0.2) is 4.79 Å². The molecular formula is C21H24N2O3. The maximum Gasteiger partial charge on any atom is 0.340 e. The zero-order chi connectivity index (χ0) is 18.4. The SMILES string of the molecule is CCOC(=O)c1ccccc1NC(=O)C1CCN(Cc2ccccc2)C1. The van der Waals surface area contributed by atoms with Crippen molar-refractivity contribution < 1.29 is 14.3 Å². The van der Waals surface area contributed by atoms with Gasteiger partial charge in [0, 0.05) is 13.1 Å². The highest BCUT2D eigenvalue weighted by Crippen LogP contribution is 2.22. The molecule has 0 bridgehead atoms. The average molecular weight is 352 g/mol. The molecule has 1 N–H and O–H groups in total. The summed E-state index contributed by atoms with van der Waals surface area (Å²) in [6.45, 7) is 4.54. The van der Waals surface area contributed by atoms with E-state index in [1.54, 1.807) is 31.2 Å². The molecule has 136 valence electrons. The van der Waals surface area contributed by atoms with Crippen LogP contribution in [0.1, 0.15) is 29.3 Å². The number of hydrogen-bond donors (Lipinski definition) is 1. The Kier molecular flexibility index (Phi) is 6.02. The number of hydrogen-bond acceptors (Lipinski definition) is 4. The van der Waals surface area contributed by atoms with Crippen molar-refractivity contribution in [1.29, 1.82) is 0 Å². The van der Waals surface area contributed by atoms with Gasteiger partial charge in [0.15, 0.2) is 0 Å². The van der Waals surface area contributed by atoms with E-state index in [1.165, 1.54) is 5.56 Å². The lowest BCUT2D eigenvalue weighted by molar-refractivity contribution is -0.119. The molecule has 0 aliphatic carbocycles. The van der Waals surface area contributed by atoms with Crippen LogP contribution in [0.4, 0.5) is 5.69 Å². The first-order valence-electron chi connectivity index (χ1n) is 9.00. The molecule has 1 amide bonds. The average Bonchev–Trinajstić information content (AvgIpc) is 3.12. The first-order chi connectivity index (χ1) is 12.7. The topological polar surface area (TPSA) is 58.6 Å². The minimum atomic E-state index is -0.416. The number of rotatable bonds is 6. The van der Waals surface area contributed by atoms with E-state index in [4.69, 9.17) is 4.74 Å². The van der Waals surface area contributed by atoms with Crippen LogP contribution in [0.15, 0.2) is 54.6 Å². The minimum Gasteiger partial charge on any atom is -0.462 e. The van der Waals surface area contributed by atoms with E-state index in [0.29, 0.717) is 17.9 Å². The number of anilines is 1. The summed E-state index contributed by atoms with van der Waals surface area (Å²) in [7, 11) is 0. The number of carbonyl (C=O) groups excluding carboxylic acids is 2. The van der Waals surface area contributed by atoms with E-state index in [9.17, 15) is 9.59 Å². The molecule has 26 heavy (non-hydrogen) atoms. The lowest BCUT2D eigenvalue weighted by atomic mass is 10.1. The molecule has 1 heterocycles. The second-order valence-corrected chi connectivity index (χ2v) is 6.46. The summed E-state index contributed by atoms with van der Waals surface area (Å²) >= 11 is 0. The van der Waals surface area contributed by atoms with E-state index in [2.05, 4.69) is 22.3 Å². The molecule has 5 heteroatoms. The van der Waals surface area contributed by atoms with Crippen molar-refractivity contribution in [2.75, 3.05) is 25.0 Å². The van der Waals surface area contributed by atoms with Crippen LogP contribution >= 0.6 is 0 Å². The zero-order valence-corrected chi connectivity index (χ0v) is 15.0. The van der Waals surface area contributed by atoms with Gasteiger partial charge in [0.25, 0.3) is 0 Å². The van der Waals surface area contributed by atoms with Gasteiger partial charge in [-0.05, 0) is 37.6 Å². The van der Waals surface area contributed by atoms with Gasteiger partial charge in [0.1, 0.15) is 0 Å². The Morgan fingerprint density at radius 3 is 2.62 bits per heavy atom. The molecule has 0 spiro atoms. The predicted octanol–water partition coefficient (Wildman–Crippen LogP) is 3.32. The van der Waals surface area contributed by atoms with Gasteiger partial charge in [-0.3, -0.25) is 9.69 Å². The number of para-hydroxylation sites is 1. The van der Waals surface area contributed by atoms with Crippen LogP contribution in [-0.2, 0) is 16.1 Å². The highest BCUT2D eigenvalue weighted by atomic mass is 16.5. The Labute approximate surface area is 154 Å². The summed E-state index contributed by atoms with van der Waals surface area (Å²) in [4.78, 5) is 27.0. The summed E-state index contributed by atoms with van der Waals surface area (Å²) in [5, 5.41) is 2.91. The lowest BCUT2D eigenvalue weighted by Crippen LogP contribution is -2.27. The Bertz CT molecular complexity index is 761. The number of ether oxygens (including phenoxy) is 1. The third-order valence-electron chi connectivity index (χ3n) is 4.57. The lowest BCUT2D eigenvalue weighted by Gasteiger charge is -2.16. The Morgan fingerprint density at radius 2 is 1.85 bits per heavy atom. The predicted molar refractivity (Wildman–Crippen MR) is 101 cm³/mol. The number of carbonyl (C=O) groups is 2. The van der Waals surface area contributed by atoms with Gasteiger partial charge < -0.3 is 10.1 Å². The fourth-order valence-electron chi connectivity index (χ4n) is 3.25. The van der Waals surface area contributed by atoms with E-state index >= 15 is 0 Å². The summed E-state index contributed by atoms with van der Waals surface area (Å²) < 4.78 is 5.06. The third-order valence-corrected chi connectivity index (χ3v) is 4.57. The quantitative estimate of drug-likeness (QED) is 0.810. The van der Waals surface area contributed by atoms with Gasteiger partial charge in [0.2, 0.25) is 5.91 Å². The number of benzene rings is 2. The first kappa shape index (κ1) is 18.1. The Balaban J connectivity index is 1.60. The molecule has 0 radical (unpaired) electrons. The van der Waals surface area contributed by atoms with Crippen LogP contribution in [0.25, 0.3) is 0 Å². The highest BCUT2D eigenvalue weighted by molar-refractivity contribution is 6.02. The second-order valence-electron chi connectivity index (χ2n) is 6.46. The maximum absolute atomic E-state index is 12.7. The summed E-state index contributed by atoms with van der Waals surface area (Å²) in [5.41, 5.74) is 2.15. The van der Waals surface area contributed by atoms with E-state index < -0.39 is 5.97 Å². The Morgan fingerprint density at radius 1 is 1.12 bits per heavy atom. The van der Waals surface area contributed by atoms with Crippen molar-refractivity contribution >= 4 is 17.6 Å². The third kappa shape index (κ3) is 4.49. The molecule has 0 saturated carbocycles. The molecule has 2 aromatic carbocycles. The minimum absolute atomic E-state index is 0.0442. The van der Waals surface area contributed by atoms with Gasteiger partial charge in [-0.15, -0.1) is 0 Å². The smallest absolute Gasteiger partial charge is 0.340 e. The molecular weight excluding hydrogens is 328 g/mol. The molecule has 1 saturated heterocycles. The van der Waals surface area contributed by atoms with E-state index in [0.717, 1.165) is 26.1 Å². The largest absolute Gasteiger partial charge is 0.462 e. The maximum atomic E-state index is 12.7. The molecule has 5 nitrogen and oxygen atoms in total. The van der Waals surface area contributed by atoms with Crippen molar-refractivity contribution in [3.8, 4) is 0 Å². The molecule has 2 aromatic rings. The fraction of sp³-hybridized carbons (Fsp3) is 0.333. The van der Waals surface area contributed by atoms with Crippen LogP contribution in [0.5, 0.6) is 0 Å². The molecule has 1 aliphatic heterocycles. The van der Waals surface area contributed by atoms with Crippen molar-refractivity contribution in [2.24, 2.45) is 5.92 Å². The highest BCUT2D eigenvalue weighted by Gasteiger charge is 2.29. The van der Waals surface area contributed by atoms with Crippen LogP contribution in [-0.4, -0.2) is 36.5 Å². The number of amides is 1. The van der Waals surface area contributed by atoms with Crippen molar-refractivity contribution in [3.05, 3.63) is 65.7 Å². The van der Waals surface area contributed by atoms with Crippen molar-refractivity contribution in [1.82, 2.24) is 4.90 Å². The molecule has 0 aromatic heterocycles. The van der Waals surface area contributed by atoms with E-state index in [1.807, 2.05) is 18.2 Å². The molecule has 3 rings (SSSR count). The number of esters is 1. The number of nitrogens with one attached hydrogen (secondary N) is 1. The van der Waals surface area contributed by atoms with Gasteiger partial charge >= 0.3 is 5.97 Å². The van der Waals surface area contributed by atoms with Gasteiger partial charge in [0.05, 0.1) is 23.8 Å². The monoisotopic (exact) mass is 352 g/mol. The van der Waals surface area contributed by atoms with Crippen LogP contribution in [0.3, 0.4) is 0 Å².